The van der Waals surface area contributed by atoms with Crippen LogP contribution >= 0.6 is 0 Å². The fraction of sp³-hybridized carbons (Fsp3) is 0.300. The maximum Gasteiger partial charge on any atom is 0.445 e. The van der Waals surface area contributed by atoms with Gasteiger partial charge in [0, 0.05) is 0 Å². The highest BCUT2D eigenvalue weighted by molar-refractivity contribution is 7.92. The molecule has 0 heterocycles. The summed E-state index contributed by atoms with van der Waals surface area (Å²) in [5, 5.41) is 23.4. The van der Waals surface area contributed by atoms with Gasteiger partial charge in [0.15, 0.2) is 9.84 Å². The van der Waals surface area contributed by atoms with E-state index in [0.717, 1.165) is 18.2 Å². The van der Waals surface area contributed by atoms with Crippen LogP contribution in [0.25, 0.3) is 0 Å². The molecule has 0 aliphatic heterocycles. The van der Waals surface area contributed by atoms with Crippen molar-refractivity contribution in [3.63, 3.8) is 0 Å². The molecular weight excluding hydrogens is 287 g/mol. The van der Waals surface area contributed by atoms with Crippen LogP contribution in [0.3, 0.4) is 0 Å². The molecule has 0 spiro atoms. The molecule has 0 aliphatic rings. The third-order valence-corrected chi connectivity index (χ3v) is 4.27. The summed E-state index contributed by atoms with van der Waals surface area (Å²) in [6, 6.07) is 6.55. The first kappa shape index (κ1) is 15.4. The maximum absolute atomic E-state index is 12.4. The lowest BCUT2D eigenvalue weighted by molar-refractivity contribution is -0.343. The Hall–Kier alpha value is -1.63. The highest BCUT2D eigenvalue weighted by Gasteiger charge is 2.63. The van der Waals surface area contributed by atoms with E-state index in [2.05, 4.69) is 0 Å². The van der Waals surface area contributed by atoms with E-state index in [9.17, 15) is 21.6 Å². The second kappa shape index (κ2) is 4.80. The number of alkyl halides is 3. The van der Waals surface area contributed by atoms with Crippen LogP contribution in [0.2, 0.25) is 0 Å². The van der Waals surface area contributed by atoms with E-state index < -0.39 is 31.9 Å². The number of hydrogen-bond donors (Lipinski definition) is 2. The van der Waals surface area contributed by atoms with Gasteiger partial charge >= 0.3 is 6.18 Å². The number of halogens is 3. The van der Waals surface area contributed by atoms with Crippen molar-refractivity contribution in [2.24, 2.45) is 0 Å². The van der Waals surface area contributed by atoms with E-state index in [1.165, 1.54) is 18.2 Å². The number of nitriles is 1. The smallest absolute Gasteiger partial charge is 0.357 e. The van der Waals surface area contributed by atoms with Crippen LogP contribution < -0.4 is 0 Å². The van der Waals surface area contributed by atoms with Crippen molar-refractivity contribution in [2.75, 3.05) is 0 Å². The topological polar surface area (TPSA) is 98.4 Å². The number of benzene rings is 1. The van der Waals surface area contributed by atoms with Crippen LogP contribution in [0, 0.1) is 11.3 Å². The molecule has 0 aliphatic carbocycles. The fourth-order valence-corrected chi connectivity index (χ4v) is 2.78. The van der Waals surface area contributed by atoms with Gasteiger partial charge in [-0.1, -0.05) is 18.2 Å². The second-order valence-electron chi connectivity index (χ2n) is 3.59. The molecule has 0 amide bonds. The van der Waals surface area contributed by atoms with E-state index >= 15 is 0 Å². The lowest BCUT2D eigenvalue weighted by Gasteiger charge is -2.28. The van der Waals surface area contributed by atoms with E-state index in [-0.39, 0.29) is 0 Å². The van der Waals surface area contributed by atoms with Crippen molar-refractivity contribution in [2.45, 2.75) is 22.1 Å². The monoisotopic (exact) mass is 295 g/mol. The van der Waals surface area contributed by atoms with Crippen LogP contribution in [0.15, 0.2) is 35.2 Å². The molecule has 1 aromatic carbocycles. The van der Waals surface area contributed by atoms with Crippen LogP contribution in [0.5, 0.6) is 0 Å². The van der Waals surface area contributed by atoms with E-state index in [0.29, 0.717) is 0 Å². The van der Waals surface area contributed by atoms with Gasteiger partial charge in [-0.15, -0.1) is 0 Å². The standard InChI is InChI=1S/C10H8F3NO4S/c11-10(12,13)9(15,16)8(6-14)19(17,18)7-4-2-1-3-5-7/h1-5,8,15-16H. The van der Waals surface area contributed by atoms with Crippen molar-refractivity contribution in [3.05, 3.63) is 30.3 Å². The van der Waals surface area contributed by atoms with Gasteiger partial charge in [0.1, 0.15) is 0 Å². The van der Waals surface area contributed by atoms with E-state index in [1.54, 1.807) is 0 Å². The summed E-state index contributed by atoms with van der Waals surface area (Å²) < 4.78 is 60.8. The summed E-state index contributed by atoms with van der Waals surface area (Å²) in [4.78, 5) is -0.613. The van der Waals surface area contributed by atoms with Crippen molar-refractivity contribution in [3.8, 4) is 6.07 Å². The van der Waals surface area contributed by atoms with Gasteiger partial charge in [0.2, 0.25) is 5.25 Å². The van der Waals surface area contributed by atoms with Crippen LogP contribution in [-0.2, 0) is 9.84 Å². The summed E-state index contributed by atoms with van der Waals surface area (Å²) in [7, 11) is -4.87. The van der Waals surface area contributed by atoms with Crippen LogP contribution in [0.4, 0.5) is 13.2 Å². The predicted molar refractivity (Wildman–Crippen MR) is 56.3 cm³/mol. The quantitative estimate of drug-likeness (QED) is 0.795. The summed E-state index contributed by atoms with van der Waals surface area (Å²) in [6.07, 6.45) is -5.69. The number of hydrogen-bond acceptors (Lipinski definition) is 5. The molecule has 104 valence electrons. The molecular formula is C10H8F3NO4S. The Kier molecular flexibility index (Phi) is 3.90. The first-order chi connectivity index (χ1) is 8.55. The van der Waals surface area contributed by atoms with Gasteiger partial charge in [-0.2, -0.15) is 18.4 Å². The van der Waals surface area contributed by atoms with Gasteiger partial charge in [-0.3, -0.25) is 0 Å². The SMILES string of the molecule is N#CC(C(O)(O)C(F)(F)F)S(=O)(=O)c1ccccc1. The Balaban J connectivity index is 3.38. The fourth-order valence-electron chi connectivity index (χ4n) is 1.27. The minimum absolute atomic E-state index is 0.613. The maximum atomic E-state index is 12.4. The van der Waals surface area contributed by atoms with Crippen molar-refractivity contribution in [1.29, 1.82) is 5.26 Å². The molecule has 2 N–H and O–H groups in total. The summed E-state index contributed by atoms with van der Waals surface area (Å²) >= 11 is 0. The molecule has 0 saturated heterocycles. The van der Waals surface area contributed by atoms with Crippen LogP contribution in [-0.4, -0.2) is 35.8 Å². The molecule has 1 rings (SSSR count). The zero-order valence-corrected chi connectivity index (χ0v) is 9.98. The first-order valence-corrected chi connectivity index (χ1v) is 6.30. The zero-order valence-electron chi connectivity index (χ0n) is 9.16. The molecule has 0 bridgehead atoms. The Morgan fingerprint density at radius 2 is 1.63 bits per heavy atom. The predicted octanol–water partition coefficient (Wildman–Crippen LogP) is 0.596. The molecule has 9 heteroatoms. The number of rotatable bonds is 3. The molecule has 0 saturated carbocycles. The number of sulfone groups is 1. The lowest BCUT2D eigenvalue weighted by atomic mass is 10.2. The van der Waals surface area contributed by atoms with Gasteiger partial charge in [0.25, 0.3) is 5.79 Å². The minimum Gasteiger partial charge on any atom is -0.357 e. The highest BCUT2D eigenvalue weighted by Crippen LogP contribution is 2.35. The average Bonchev–Trinajstić information content (AvgIpc) is 2.28. The average molecular weight is 295 g/mol. The van der Waals surface area contributed by atoms with Crippen molar-refractivity contribution in [1.82, 2.24) is 0 Å². The number of aliphatic hydroxyl groups is 2. The third kappa shape index (κ3) is 2.70. The Morgan fingerprint density at radius 1 is 1.16 bits per heavy atom. The van der Waals surface area contributed by atoms with Gasteiger partial charge in [-0.25, -0.2) is 8.42 Å². The molecule has 19 heavy (non-hydrogen) atoms. The van der Waals surface area contributed by atoms with Gasteiger partial charge in [0.05, 0.1) is 11.0 Å². The van der Waals surface area contributed by atoms with E-state index in [4.69, 9.17) is 15.5 Å². The molecule has 5 nitrogen and oxygen atoms in total. The minimum atomic E-state index is -5.69. The van der Waals surface area contributed by atoms with Gasteiger partial charge < -0.3 is 10.2 Å². The van der Waals surface area contributed by atoms with Gasteiger partial charge in [-0.05, 0) is 12.1 Å². The Morgan fingerprint density at radius 3 is 2.00 bits per heavy atom. The highest BCUT2D eigenvalue weighted by atomic mass is 32.2. The molecule has 0 aromatic heterocycles. The summed E-state index contributed by atoms with van der Waals surface area (Å²) in [5.74, 6) is -4.66. The number of nitrogens with zero attached hydrogens (tertiary/aromatic N) is 1. The largest absolute Gasteiger partial charge is 0.445 e. The third-order valence-electron chi connectivity index (χ3n) is 2.28. The summed E-state index contributed by atoms with van der Waals surface area (Å²) in [6.45, 7) is 0. The molecule has 0 fully saturated rings. The second-order valence-corrected chi connectivity index (χ2v) is 5.62. The zero-order chi connectivity index (χ0) is 14.9. The normalized spacial score (nSPS) is 14.7. The van der Waals surface area contributed by atoms with Crippen molar-refractivity contribution < 1.29 is 31.8 Å². The molecule has 1 aromatic rings. The van der Waals surface area contributed by atoms with Crippen LogP contribution in [0.1, 0.15) is 0 Å². The first-order valence-electron chi connectivity index (χ1n) is 4.75. The van der Waals surface area contributed by atoms with Crippen molar-refractivity contribution >= 4 is 9.84 Å². The molecule has 1 atom stereocenters. The molecule has 0 radical (unpaired) electrons. The Bertz CT molecular complexity index is 589. The lowest BCUT2D eigenvalue weighted by Crippen LogP contribution is -2.56. The molecule has 1 unspecified atom stereocenters. The Labute approximate surface area is 106 Å². The summed E-state index contributed by atoms with van der Waals surface area (Å²) in [5.41, 5.74) is 0. The van der Waals surface area contributed by atoms with E-state index in [1.807, 2.05) is 0 Å².